The Kier molecular flexibility index (Phi) is 2.89. The van der Waals surface area contributed by atoms with Gasteiger partial charge in [-0.2, -0.15) is 0 Å². The van der Waals surface area contributed by atoms with Gasteiger partial charge in [-0.1, -0.05) is 31.5 Å². The number of carbonyl (C=O) groups excluding carboxylic acids is 2. The Bertz CT molecular complexity index is 620. The summed E-state index contributed by atoms with van der Waals surface area (Å²) in [4.78, 5) is 26.1. The number of benzene rings is 1. The van der Waals surface area contributed by atoms with Gasteiger partial charge in [-0.3, -0.25) is 4.79 Å². The lowest BCUT2D eigenvalue weighted by molar-refractivity contribution is -0.154. The molecule has 2 heterocycles. The van der Waals surface area contributed by atoms with Crippen LogP contribution in [0.5, 0.6) is 0 Å². The van der Waals surface area contributed by atoms with Crippen LogP contribution < -0.4 is 4.90 Å². The third-order valence-electron chi connectivity index (χ3n) is 4.06. The molecule has 1 amide bonds. The zero-order valence-electron chi connectivity index (χ0n) is 11.7. The van der Waals surface area contributed by atoms with Crippen molar-refractivity contribution in [1.29, 1.82) is 0 Å². The summed E-state index contributed by atoms with van der Waals surface area (Å²) < 4.78 is 5.47. The van der Waals surface area contributed by atoms with E-state index >= 15 is 0 Å². The molecule has 1 aromatic rings. The van der Waals surface area contributed by atoms with Gasteiger partial charge in [0.15, 0.2) is 0 Å². The van der Waals surface area contributed by atoms with Crippen molar-refractivity contribution >= 4 is 23.1 Å². The fourth-order valence-corrected chi connectivity index (χ4v) is 3.04. The molecule has 1 unspecified atom stereocenters. The van der Waals surface area contributed by atoms with E-state index < -0.39 is 11.6 Å². The maximum atomic E-state index is 12.8. The summed E-state index contributed by atoms with van der Waals surface area (Å²) in [6.45, 7) is 2.06. The summed E-state index contributed by atoms with van der Waals surface area (Å²) in [6.07, 6.45) is 3.80. The van der Waals surface area contributed by atoms with Gasteiger partial charge in [0, 0.05) is 30.7 Å². The Labute approximate surface area is 118 Å². The van der Waals surface area contributed by atoms with E-state index in [-0.39, 0.29) is 5.91 Å². The zero-order chi connectivity index (χ0) is 14.3. The number of fused-ring (bicyclic) bond motifs is 3. The van der Waals surface area contributed by atoms with E-state index in [9.17, 15) is 9.59 Å². The van der Waals surface area contributed by atoms with Gasteiger partial charge in [0.05, 0.1) is 5.69 Å². The van der Waals surface area contributed by atoms with E-state index in [1.54, 1.807) is 11.9 Å². The minimum absolute atomic E-state index is 0.151. The van der Waals surface area contributed by atoms with Gasteiger partial charge >= 0.3 is 5.97 Å². The summed E-state index contributed by atoms with van der Waals surface area (Å²) >= 11 is 0. The molecular weight excluding hydrogens is 254 g/mol. The Morgan fingerprint density at radius 2 is 2.00 bits per heavy atom. The largest absolute Gasteiger partial charge is 0.441 e. The van der Waals surface area contributed by atoms with Crippen molar-refractivity contribution in [1.82, 2.24) is 0 Å². The number of hydrogen-bond donors (Lipinski definition) is 0. The molecule has 0 aliphatic carbocycles. The first-order chi connectivity index (χ1) is 9.60. The first-order valence-corrected chi connectivity index (χ1v) is 6.93. The average Bonchev–Trinajstić information content (AvgIpc) is 2.81. The van der Waals surface area contributed by atoms with Crippen LogP contribution >= 0.6 is 0 Å². The fourth-order valence-electron chi connectivity index (χ4n) is 3.04. The van der Waals surface area contributed by atoms with Crippen molar-refractivity contribution in [3.8, 4) is 0 Å². The highest BCUT2D eigenvalue weighted by atomic mass is 16.6. The molecule has 104 valence electrons. The normalized spacial score (nSPS) is 24.1. The lowest BCUT2D eigenvalue weighted by atomic mass is 9.80. The van der Waals surface area contributed by atoms with Crippen LogP contribution in [0, 0.1) is 0 Å². The number of hydrogen-bond acceptors (Lipinski definition) is 3. The van der Waals surface area contributed by atoms with Crippen LogP contribution in [0.1, 0.15) is 31.7 Å². The van der Waals surface area contributed by atoms with Crippen molar-refractivity contribution in [2.45, 2.75) is 31.8 Å². The van der Waals surface area contributed by atoms with Crippen LogP contribution in [0.15, 0.2) is 30.3 Å². The maximum Gasteiger partial charge on any atom is 0.332 e. The Morgan fingerprint density at radius 1 is 1.25 bits per heavy atom. The van der Waals surface area contributed by atoms with E-state index in [0.717, 1.165) is 29.7 Å². The van der Waals surface area contributed by atoms with Crippen LogP contribution in [-0.2, 0) is 14.3 Å². The number of nitrogens with zero attached hydrogens (tertiary/aromatic N) is 1. The molecule has 0 saturated carbocycles. The third-order valence-corrected chi connectivity index (χ3v) is 4.06. The van der Waals surface area contributed by atoms with Gasteiger partial charge in [0.2, 0.25) is 5.60 Å². The van der Waals surface area contributed by atoms with Gasteiger partial charge < -0.3 is 9.64 Å². The maximum absolute atomic E-state index is 12.8. The van der Waals surface area contributed by atoms with E-state index in [1.807, 2.05) is 24.3 Å². The molecule has 0 bridgehead atoms. The first kappa shape index (κ1) is 12.9. The average molecular weight is 271 g/mol. The predicted molar refractivity (Wildman–Crippen MR) is 76.2 cm³/mol. The number of ether oxygens (including phenoxy) is 1. The van der Waals surface area contributed by atoms with E-state index in [0.29, 0.717) is 6.42 Å². The van der Waals surface area contributed by atoms with Crippen molar-refractivity contribution < 1.29 is 14.3 Å². The molecule has 2 aliphatic heterocycles. The highest BCUT2D eigenvalue weighted by Gasteiger charge is 2.54. The summed E-state index contributed by atoms with van der Waals surface area (Å²) in [5.74, 6) is -0.573. The number of para-hydroxylation sites is 1. The highest BCUT2D eigenvalue weighted by molar-refractivity contribution is 6.19. The Morgan fingerprint density at radius 3 is 2.75 bits per heavy atom. The molecule has 2 aliphatic rings. The summed E-state index contributed by atoms with van der Waals surface area (Å²) in [5, 5.41) is 0. The molecular formula is C16H17NO3. The van der Waals surface area contributed by atoms with Crippen molar-refractivity contribution in [3.05, 3.63) is 35.9 Å². The van der Waals surface area contributed by atoms with Gasteiger partial charge in [0.25, 0.3) is 5.91 Å². The molecule has 0 aromatic heterocycles. The number of rotatable bonds is 3. The number of carbonyl (C=O) groups is 2. The molecule has 1 aromatic carbocycles. The fraction of sp³-hybridized carbons (Fsp3) is 0.375. The van der Waals surface area contributed by atoms with Crippen LogP contribution in [-0.4, -0.2) is 24.5 Å². The van der Waals surface area contributed by atoms with Gasteiger partial charge in [-0.05, 0) is 12.5 Å². The van der Waals surface area contributed by atoms with Crippen molar-refractivity contribution in [3.63, 3.8) is 0 Å². The SMILES string of the molecule is CCCCC12OC(=O)C=C1c1ccccc1N(C)C2=O. The standard InChI is InChI=1S/C16H17NO3/c1-3-4-9-16-12(10-14(18)20-16)11-7-5-6-8-13(11)17(2)15(16)19/h5-8,10H,3-4,9H2,1-2H3. The van der Waals surface area contributed by atoms with Crippen LogP contribution in [0.3, 0.4) is 0 Å². The third kappa shape index (κ3) is 1.60. The minimum atomic E-state index is -1.11. The molecule has 4 heteroatoms. The van der Waals surface area contributed by atoms with E-state index in [2.05, 4.69) is 6.92 Å². The van der Waals surface area contributed by atoms with Crippen LogP contribution in [0.2, 0.25) is 0 Å². The molecule has 0 fully saturated rings. The monoisotopic (exact) mass is 271 g/mol. The van der Waals surface area contributed by atoms with E-state index in [4.69, 9.17) is 4.74 Å². The quantitative estimate of drug-likeness (QED) is 0.794. The van der Waals surface area contributed by atoms with Crippen molar-refractivity contribution in [2.75, 3.05) is 11.9 Å². The second kappa shape index (κ2) is 4.47. The Balaban J connectivity index is 2.18. The van der Waals surface area contributed by atoms with Crippen molar-refractivity contribution in [2.24, 2.45) is 0 Å². The molecule has 0 radical (unpaired) electrons. The molecule has 0 spiro atoms. The molecule has 0 N–H and O–H groups in total. The molecule has 4 nitrogen and oxygen atoms in total. The van der Waals surface area contributed by atoms with Crippen LogP contribution in [0.4, 0.5) is 5.69 Å². The lowest BCUT2D eigenvalue weighted by Crippen LogP contribution is -2.52. The zero-order valence-corrected chi connectivity index (χ0v) is 11.7. The number of esters is 1. The van der Waals surface area contributed by atoms with Crippen LogP contribution in [0.25, 0.3) is 5.57 Å². The molecule has 0 saturated heterocycles. The summed E-state index contributed by atoms with van der Waals surface area (Å²) in [5.41, 5.74) is 1.34. The first-order valence-electron chi connectivity index (χ1n) is 6.93. The summed E-state index contributed by atoms with van der Waals surface area (Å²) in [6, 6.07) is 7.63. The predicted octanol–water partition coefficient (Wildman–Crippen LogP) is 2.53. The molecule has 3 rings (SSSR count). The number of unbranched alkanes of at least 4 members (excludes halogenated alkanes) is 1. The highest BCUT2D eigenvalue weighted by Crippen LogP contribution is 2.47. The second-order valence-corrected chi connectivity index (χ2v) is 5.29. The van der Waals surface area contributed by atoms with Gasteiger partial charge in [0.1, 0.15) is 0 Å². The topological polar surface area (TPSA) is 46.6 Å². The number of anilines is 1. The molecule has 1 atom stereocenters. The lowest BCUT2D eigenvalue weighted by Gasteiger charge is -2.39. The van der Waals surface area contributed by atoms with E-state index in [1.165, 1.54) is 6.08 Å². The number of likely N-dealkylation sites (N-methyl/N-ethyl adjacent to an activating group) is 1. The second-order valence-electron chi connectivity index (χ2n) is 5.29. The smallest absolute Gasteiger partial charge is 0.332 e. The summed E-state index contributed by atoms with van der Waals surface area (Å²) in [7, 11) is 1.73. The van der Waals surface area contributed by atoms with Gasteiger partial charge in [-0.25, -0.2) is 4.79 Å². The van der Waals surface area contributed by atoms with Gasteiger partial charge in [-0.15, -0.1) is 0 Å². The number of amides is 1. The Hall–Kier alpha value is -2.10. The minimum Gasteiger partial charge on any atom is -0.441 e. The molecule has 20 heavy (non-hydrogen) atoms.